The quantitative estimate of drug-likeness (QED) is 0.834. The van der Waals surface area contributed by atoms with Gasteiger partial charge in [0.05, 0.1) is 5.56 Å². The maximum atomic E-state index is 11.4. The zero-order valence-electron chi connectivity index (χ0n) is 10.4. The summed E-state index contributed by atoms with van der Waals surface area (Å²) in [6.45, 7) is 2.26. The van der Waals surface area contributed by atoms with Gasteiger partial charge in [-0.3, -0.25) is 4.79 Å². The molecule has 0 spiro atoms. The van der Waals surface area contributed by atoms with E-state index in [9.17, 15) is 4.79 Å². The van der Waals surface area contributed by atoms with Gasteiger partial charge in [-0.25, -0.2) is 0 Å². The zero-order valence-corrected chi connectivity index (χ0v) is 10.4. The summed E-state index contributed by atoms with van der Waals surface area (Å²) in [6, 6.07) is 5.13. The Balaban J connectivity index is 1.69. The molecule has 6 nitrogen and oxygen atoms in total. The van der Waals surface area contributed by atoms with Crippen molar-refractivity contribution in [3.8, 4) is 11.5 Å². The van der Waals surface area contributed by atoms with Gasteiger partial charge in [0.2, 0.25) is 17.5 Å². The summed E-state index contributed by atoms with van der Waals surface area (Å²) >= 11 is 0. The lowest BCUT2D eigenvalue weighted by Crippen LogP contribution is -1.98. The minimum atomic E-state index is -0.00712. The van der Waals surface area contributed by atoms with Crippen molar-refractivity contribution >= 4 is 5.78 Å². The minimum Gasteiger partial charge on any atom is -0.485 e. The topological polar surface area (TPSA) is 74.5 Å². The van der Waals surface area contributed by atoms with Gasteiger partial charge in [0, 0.05) is 12.5 Å². The first kappa shape index (κ1) is 11.7. The van der Waals surface area contributed by atoms with Crippen LogP contribution in [0.2, 0.25) is 0 Å². The number of hydrogen-bond donors (Lipinski definition) is 0. The van der Waals surface area contributed by atoms with Crippen molar-refractivity contribution < 1.29 is 18.8 Å². The molecule has 6 heteroatoms. The van der Waals surface area contributed by atoms with E-state index in [1.807, 2.05) is 6.92 Å². The van der Waals surface area contributed by atoms with E-state index in [-0.39, 0.29) is 19.0 Å². The molecule has 0 aliphatic carbocycles. The van der Waals surface area contributed by atoms with Crippen molar-refractivity contribution in [3.63, 3.8) is 0 Å². The number of carbonyl (C=O) groups excluding carboxylic acids is 1. The molecule has 98 valence electrons. The van der Waals surface area contributed by atoms with Crippen LogP contribution in [0.25, 0.3) is 0 Å². The Bertz CT molecular complexity index is 621. The van der Waals surface area contributed by atoms with Crippen LogP contribution in [-0.2, 0) is 13.0 Å². The average molecular weight is 260 g/mol. The van der Waals surface area contributed by atoms with E-state index >= 15 is 0 Å². The van der Waals surface area contributed by atoms with Gasteiger partial charge >= 0.3 is 0 Å². The molecule has 1 aliphatic rings. The smallest absolute Gasteiger partial charge is 0.226 e. The Labute approximate surface area is 109 Å². The van der Waals surface area contributed by atoms with Crippen molar-refractivity contribution in [3.05, 3.63) is 35.5 Å². The van der Waals surface area contributed by atoms with Gasteiger partial charge in [0.15, 0.2) is 13.2 Å². The van der Waals surface area contributed by atoms with Crippen LogP contribution in [0.3, 0.4) is 0 Å². The molecular weight excluding hydrogens is 248 g/mol. The number of benzene rings is 1. The van der Waals surface area contributed by atoms with Crippen LogP contribution in [0.5, 0.6) is 11.5 Å². The first-order valence-electron chi connectivity index (χ1n) is 6.00. The number of aromatic nitrogens is 2. The highest BCUT2D eigenvalue weighted by molar-refractivity contribution is 6.02. The lowest BCUT2D eigenvalue weighted by Gasteiger charge is -2.04. The molecule has 0 unspecified atom stereocenters. The first-order chi connectivity index (χ1) is 9.26. The normalized spacial score (nSPS) is 13.2. The highest BCUT2D eigenvalue weighted by atomic mass is 16.5. The van der Waals surface area contributed by atoms with Crippen molar-refractivity contribution in [1.82, 2.24) is 10.1 Å². The Kier molecular flexibility index (Phi) is 2.91. The summed E-state index contributed by atoms with van der Waals surface area (Å²) in [5.41, 5.74) is 0.597. The van der Waals surface area contributed by atoms with Crippen LogP contribution in [0.4, 0.5) is 0 Å². The Morgan fingerprint density at radius 2 is 2.32 bits per heavy atom. The minimum absolute atomic E-state index is 0.00712. The van der Waals surface area contributed by atoms with Crippen LogP contribution >= 0.6 is 0 Å². The molecule has 2 aromatic rings. The van der Waals surface area contributed by atoms with Gasteiger partial charge in [-0.1, -0.05) is 12.1 Å². The summed E-state index contributed by atoms with van der Waals surface area (Å²) < 4.78 is 15.8. The maximum absolute atomic E-state index is 11.4. The number of hydrogen-bond acceptors (Lipinski definition) is 6. The van der Waals surface area contributed by atoms with Gasteiger partial charge in [-0.2, -0.15) is 4.98 Å². The van der Waals surface area contributed by atoms with Crippen LogP contribution in [0.15, 0.2) is 22.7 Å². The monoisotopic (exact) mass is 260 g/mol. The number of rotatable bonds is 4. The third-order valence-corrected chi connectivity index (χ3v) is 2.79. The predicted molar refractivity (Wildman–Crippen MR) is 64.3 cm³/mol. The fourth-order valence-electron chi connectivity index (χ4n) is 1.80. The summed E-state index contributed by atoms with van der Waals surface area (Å²) in [5, 5.41) is 3.79. The lowest BCUT2D eigenvalue weighted by molar-refractivity contribution is 0.0961. The number of carbonyl (C=O) groups is 1. The molecule has 3 rings (SSSR count). The third kappa shape index (κ3) is 2.29. The largest absolute Gasteiger partial charge is 0.485 e. The van der Waals surface area contributed by atoms with Crippen molar-refractivity contribution in [2.24, 2.45) is 0 Å². The summed E-state index contributed by atoms with van der Waals surface area (Å²) in [4.78, 5) is 15.5. The zero-order chi connectivity index (χ0) is 13.2. The Morgan fingerprint density at radius 1 is 1.42 bits per heavy atom. The molecule has 1 aromatic heterocycles. The Morgan fingerprint density at radius 3 is 3.11 bits per heavy atom. The first-order valence-corrected chi connectivity index (χ1v) is 6.00. The number of ether oxygens (including phenoxy) is 2. The second-order valence-corrected chi connectivity index (χ2v) is 4.12. The molecule has 0 saturated heterocycles. The SMILES string of the molecule is CCc1nc(COc2ccc3c(c2)OCC3=O)no1. The van der Waals surface area contributed by atoms with Crippen LogP contribution in [-0.4, -0.2) is 22.5 Å². The molecule has 0 N–H and O–H groups in total. The van der Waals surface area contributed by atoms with Crippen molar-refractivity contribution in [2.45, 2.75) is 20.0 Å². The van der Waals surface area contributed by atoms with Crippen LogP contribution in [0, 0.1) is 0 Å². The lowest BCUT2D eigenvalue weighted by atomic mass is 10.1. The molecule has 1 aromatic carbocycles. The second kappa shape index (κ2) is 4.72. The number of fused-ring (bicyclic) bond motifs is 1. The van der Waals surface area contributed by atoms with Gasteiger partial charge in [-0.05, 0) is 12.1 Å². The molecule has 2 heterocycles. The highest BCUT2D eigenvalue weighted by Crippen LogP contribution is 2.29. The van der Waals surface area contributed by atoms with Crippen LogP contribution < -0.4 is 9.47 Å². The van der Waals surface area contributed by atoms with Crippen molar-refractivity contribution in [1.29, 1.82) is 0 Å². The molecule has 1 aliphatic heterocycles. The molecular formula is C13H12N2O4. The fourth-order valence-corrected chi connectivity index (χ4v) is 1.80. The standard InChI is InChI=1S/C13H12N2O4/c1-2-13-14-12(15-19-13)7-17-8-3-4-9-10(16)6-18-11(9)5-8/h3-5H,2,6-7H2,1H3. The van der Waals surface area contributed by atoms with E-state index < -0.39 is 0 Å². The van der Waals surface area contributed by atoms with Gasteiger partial charge in [0.1, 0.15) is 11.5 Å². The van der Waals surface area contributed by atoms with Gasteiger partial charge < -0.3 is 14.0 Å². The maximum Gasteiger partial charge on any atom is 0.226 e. The summed E-state index contributed by atoms with van der Waals surface area (Å²) in [7, 11) is 0. The number of aryl methyl sites for hydroxylation is 1. The fraction of sp³-hybridized carbons (Fsp3) is 0.308. The second-order valence-electron chi connectivity index (χ2n) is 4.12. The molecule has 0 saturated carbocycles. The van der Waals surface area contributed by atoms with Crippen molar-refractivity contribution in [2.75, 3.05) is 6.61 Å². The van der Waals surface area contributed by atoms with E-state index in [1.54, 1.807) is 18.2 Å². The van der Waals surface area contributed by atoms with Crippen LogP contribution in [0.1, 0.15) is 29.0 Å². The van der Waals surface area contributed by atoms with Gasteiger partial charge in [0.25, 0.3) is 0 Å². The average Bonchev–Trinajstić information content (AvgIpc) is 3.03. The van der Waals surface area contributed by atoms with E-state index in [0.29, 0.717) is 35.2 Å². The predicted octanol–water partition coefficient (Wildman–Crippen LogP) is 1.79. The molecule has 0 amide bonds. The molecule has 0 radical (unpaired) electrons. The van der Waals surface area contributed by atoms with E-state index in [4.69, 9.17) is 14.0 Å². The third-order valence-electron chi connectivity index (χ3n) is 2.79. The molecule has 0 atom stereocenters. The van der Waals surface area contributed by atoms with E-state index in [0.717, 1.165) is 0 Å². The summed E-state index contributed by atoms with van der Waals surface area (Å²) in [5.74, 6) is 2.24. The number of ketones is 1. The van der Waals surface area contributed by atoms with E-state index in [2.05, 4.69) is 10.1 Å². The molecule has 19 heavy (non-hydrogen) atoms. The number of nitrogens with zero attached hydrogens (tertiary/aromatic N) is 2. The van der Waals surface area contributed by atoms with E-state index in [1.165, 1.54) is 0 Å². The highest BCUT2D eigenvalue weighted by Gasteiger charge is 2.21. The van der Waals surface area contributed by atoms with Gasteiger partial charge in [-0.15, -0.1) is 0 Å². The molecule has 0 bridgehead atoms. The number of Topliss-reactive ketones (excluding diaryl/α,β-unsaturated/α-hetero) is 1. The molecule has 0 fully saturated rings. The summed E-state index contributed by atoms with van der Waals surface area (Å²) in [6.07, 6.45) is 0.696. The Hall–Kier alpha value is -2.37.